The van der Waals surface area contributed by atoms with E-state index in [-0.39, 0.29) is 69.2 Å². The third-order valence-corrected chi connectivity index (χ3v) is 5.52. The molecule has 6 N–H and O–H groups in total. The zero-order chi connectivity index (χ0) is 30.5. The number of carbonyl (C=O) groups excluding carboxylic acids is 6. The monoisotopic (exact) mass is 558 g/mol. The zero-order valence-electron chi connectivity index (χ0n) is 24.8. The Morgan fingerprint density at radius 1 is 1.03 bits per heavy atom. The van der Waals surface area contributed by atoms with Crippen molar-refractivity contribution in [1.29, 1.82) is 0 Å². The summed E-state index contributed by atoms with van der Waals surface area (Å²) in [6.07, 6.45) is 0.849. The zero-order valence-corrected chi connectivity index (χ0v) is 24.8. The van der Waals surface area contributed by atoms with Gasteiger partial charge in [0.05, 0.1) is 19.8 Å². The third-order valence-electron chi connectivity index (χ3n) is 5.52. The minimum absolute atomic E-state index is 0.0214. The van der Waals surface area contributed by atoms with Gasteiger partial charge in [-0.25, -0.2) is 4.79 Å². The maximum Gasteiger partial charge on any atom is 0.312 e. The van der Waals surface area contributed by atoms with E-state index < -0.39 is 35.8 Å². The molecule has 0 aromatic carbocycles. The summed E-state index contributed by atoms with van der Waals surface area (Å²) >= 11 is 0. The molecule has 226 valence electrons. The van der Waals surface area contributed by atoms with Crippen molar-refractivity contribution < 1.29 is 33.5 Å². The second kappa shape index (κ2) is 21.7. The second-order valence-electron chi connectivity index (χ2n) is 8.75. The quantitative estimate of drug-likeness (QED) is 0.144. The average Bonchev–Trinajstić information content (AvgIpc) is 3.15. The van der Waals surface area contributed by atoms with Crippen molar-refractivity contribution in [2.75, 3.05) is 33.4 Å². The van der Waals surface area contributed by atoms with Crippen LogP contribution in [0.4, 0.5) is 4.79 Å². The van der Waals surface area contributed by atoms with Crippen LogP contribution in [-0.2, 0) is 28.7 Å². The van der Waals surface area contributed by atoms with Gasteiger partial charge < -0.3 is 31.7 Å². The Balaban J connectivity index is 0. The summed E-state index contributed by atoms with van der Waals surface area (Å²) in [5.74, 6) is -2.34. The predicted octanol–water partition coefficient (Wildman–Crippen LogP) is 0.661. The molecule has 3 atom stereocenters. The van der Waals surface area contributed by atoms with Crippen LogP contribution in [0.25, 0.3) is 0 Å². The van der Waals surface area contributed by atoms with Gasteiger partial charge >= 0.3 is 6.03 Å². The molecule has 0 saturated carbocycles. The number of ether oxygens (including phenoxy) is 1. The van der Waals surface area contributed by atoms with E-state index in [0.29, 0.717) is 6.42 Å². The minimum Gasteiger partial charge on any atom is -0.379 e. The Labute approximate surface area is 232 Å². The highest BCUT2D eigenvalue weighted by Gasteiger charge is 2.35. The molecule has 3 unspecified atom stereocenters. The Kier molecular flexibility index (Phi) is 21.1. The summed E-state index contributed by atoms with van der Waals surface area (Å²) in [6, 6.07) is -2.40. The second-order valence-corrected chi connectivity index (χ2v) is 8.75. The smallest absolute Gasteiger partial charge is 0.312 e. The highest BCUT2D eigenvalue weighted by Crippen LogP contribution is 2.18. The van der Waals surface area contributed by atoms with Crippen LogP contribution in [0.1, 0.15) is 74.1 Å². The standard InChI is InChI=1S/C22H38N6O7.2C2H6/c1-13(2)18(20(32)26-15(19(31)24-4)6-5-8-25-22(23)34)27-16(29)7-10-35-11-9-28-17(30)12-14(3)21(28)33;2*1-2/h13-15,18H,5-12H2,1-4H3,(H,24,31)(H,26,32)(H,27,29)(H3,23,25,34);2*1-2H3. The highest BCUT2D eigenvalue weighted by molar-refractivity contribution is 6.03. The van der Waals surface area contributed by atoms with Gasteiger partial charge in [0.25, 0.3) is 0 Å². The minimum atomic E-state index is -0.875. The van der Waals surface area contributed by atoms with Gasteiger partial charge in [0, 0.05) is 32.4 Å². The highest BCUT2D eigenvalue weighted by atomic mass is 16.5. The number of amides is 7. The van der Waals surface area contributed by atoms with Crippen LogP contribution in [-0.4, -0.2) is 85.9 Å². The van der Waals surface area contributed by atoms with Crippen LogP contribution in [0.3, 0.4) is 0 Å². The van der Waals surface area contributed by atoms with E-state index in [9.17, 15) is 28.8 Å². The van der Waals surface area contributed by atoms with Gasteiger partial charge in [0.15, 0.2) is 0 Å². The third kappa shape index (κ3) is 15.1. The van der Waals surface area contributed by atoms with Crippen molar-refractivity contribution in [3.63, 3.8) is 0 Å². The molecule has 7 amide bonds. The van der Waals surface area contributed by atoms with Crippen LogP contribution < -0.4 is 27.0 Å². The molecule has 0 aromatic rings. The Hall–Kier alpha value is -3.22. The first kappa shape index (κ1) is 37.9. The number of hydrogen-bond donors (Lipinski definition) is 5. The van der Waals surface area contributed by atoms with Crippen molar-refractivity contribution in [1.82, 2.24) is 26.2 Å². The lowest BCUT2D eigenvalue weighted by Gasteiger charge is -2.25. The Morgan fingerprint density at radius 3 is 2.13 bits per heavy atom. The number of likely N-dealkylation sites (N-methyl/N-ethyl adjacent to an activating group) is 1. The summed E-state index contributed by atoms with van der Waals surface area (Å²) < 4.78 is 5.38. The molecule has 1 aliphatic rings. The summed E-state index contributed by atoms with van der Waals surface area (Å²) in [4.78, 5) is 72.9. The molecule has 0 aromatic heterocycles. The molecule has 0 aliphatic carbocycles. The Morgan fingerprint density at radius 2 is 1.64 bits per heavy atom. The molecule has 0 bridgehead atoms. The molecule has 0 radical (unpaired) electrons. The first-order valence-electron chi connectivity index (χ1n) is 13.7. The number of primary amides is 1. The number of likely N-dealkylation sites (tertiary alicyclic amines) is 1. The van der Waals surface area contributed by atoms with Crippen LogP contribution >= 0.6 is 0 Å². The van der Waals surface area contributed by atoms with Gasteiger partial charge in [-0.2, -0.15) is 0 Å². The van der Waals surface area contributed by atoms with Gasteiger partial charge in [-0.3, -0.25) is 28.9 Å². The summed E-state index contributed by atoms with van der Waals surface area (Å²) in [5.41, 5.74) is 5.01. The topological polar surface area (TPSA) is 189 Å². The predicted molar refractivity (Wildman–Crippen MR) is 148 cm³/mol. The van der Waals surface area contributed by atoms with Crippen molar-refractivity contribution in [2.24, 2.45) is 17.6 Å². The molecular weight excluding hydrogens is 508 g/mol. The summed E-state index contributed by atoms with van der Waals surface area (Å²) in [7, 11) is 1.45. The van der Waals surface area contributed by atoms with Crippen molar-refractivity contribution in [3.8, 4) is 0 Å². The number of rotatable bonds is 15. The average molecular weight is 559 g/mol. The maximum absolute atomic E-state index is 12.8. The molecule has 1 saturated heterocycles. The fourth-order valence-electron chi connectivity index (χ4n) is 3.51. The van der Waals surface area contributed by atoms with Gasteiger partial charge in [-0.15, -0.1) is 0 Å². The van der Waals surface area contributed by atoms with E-state index in [4.69, 9.17) is 10.5 Å². The number of nitrogens with two attached hydrogens (primary N) is 1. The number of imide groups is 1. The van der Waals surface area contributed by atoms with Crippen LogP contribution in [0, 0.1) is 11.8 Å². The lowest BCUT2D eigenvalue weighted by Crippen LogP contribution is -2.55. The molecule has 1 aliphatic heterocycles. The van der Waals surface area contributed by atoms with E-state index in [1.165, 1.54) is 7.05 Å². The van der Waals surface area contributed by atoms with Gasteiger partial charge in [-0.1, -0.05) is 48.5 Å². The van der Waals surface area contributed by atoms with Crippen molar-refractivity contribution in [2.45, 2.75) is 86.2 Å². The lowest BCUT2D eigenvalue weighted by molar-refractivity contribution is -0.140. The molecule has 0 spiro atoms. The number of hydrogen-bond acceptors (Lipinski definition) is 7. The van der Waals surface area contributed by atoms with E-state index in [0.717, 1.165) is 4.90 Å². The van der Waals surface area contributed by atoms with Gasteiger partial charge in [-0.05, 0) is 18.8 Å². The van der Waals surface area contributed by atoms with Crippen molar-refractivity contribution >= 4 is 35.6 Å². The number of nitrogens with zero attached hydrogens (tertiary/aromatic N) is 1. The largest absolute Gasteiger partial charge is 0.379 e. The number of nitrogens with one attached hydrogen (secondary N) is 4. The van der Waals surface area contributed by atoms with E-state index in [1.807, 2.05) is 27.7 Å². The molecule has 1 heterocycles. The van der Waals surface area contributed by atoms with E-state index in [2.05, 4.69) is 21.3 Å². The SMILES string of the molecule is CC.CC.CNC(=O)C(CCCNC(N)=O)NC(=O)C(NC(=O)CCOCCN1C(=O)CC(C)C1=O)C(C)C. The van der Waals surface area contributed by atoms with Gasteiger partial charge in [0.1, 0.15) is 12.1 Å². The fourth-order valence-corrected chi connectivity index (χ4v) is 3.51. The van der Waals surface area contributed by atoms with Gasteiger partial charge in [0.2, 0.25) is 29.5 Å². The molecule has 39 heavy (non-hydrogen) atoms. The summed E-state index contributed by atoms with van der Waals surface area (Å²) in [5, 5.41) is 10.2. The summed E-state index contributed by atoms with van der Waals surface area (Å²) in [6.45, 7) is 13.8. The maximum atomic E-state index is 12.8. The Bertz CT molecular complexity index is 791. The molecule has 13 heteroatoms. The van der Waals surface area contributed by atoms with Crippen molar-refractivity contribution in [3.05, 3.63) is 0 Å². The van der Waals surface area contributed by atoms with Crippen LogP contribution in [0.5, 0.6) is 0 Å². The molecule has 1 rings (SSSR count). The lowest BCUT2D eigenvalue weighted by atomic mass is 10.0. The first-order chi connectivity index (χ1) is 18.5. The molecule has 1 fully saturated rings. The van der Waals surface area contributed by atoms with Crippen LogP contribution in [0.15, 0.2) is 0 Å². The normalized spacial score (nSPS) is 15.7. The van der Waals surface area contributed by atoms with E-state index >= 15 is 0 Å². The molecule has 13 nitrogen and oxygen atoms in total. The van der Waals surface area contributed by atoms with E-state index in [1.54, 1.807) is 20.8 Å². The van der Waals surface area contributed by atoms with Crippen LogP contribution in [0.2, 0.25) is 0 Å². The molecular formula is C26H50N6O7. The number of urea groups is 1. The fraction of sp³-hybridized carbons (Fsp3) is 0.769. The first-order valence-corrected chi connectivity index (χ1v) is 13.7. The number of carbonyl (C=O) groups is 6.